The minimum absolute atomic E-state index is 0.0724. The first-order valence-electron chi connectivity index (χ1n) is 11.0. The van der Waals surface area contributed by atoms with Crippen LogP contribution in [0.1, 0.15) is 49.7 Å². The van der Waals surface area contributed by atoms with Crippen LogP contribution in [0.5, 0.6) is 0 Å². The summed E-state index contributed by atoms with van der Waals surface area (Å²) < 4.78 is 5.54. The lowest BCUT2D eigenvalue weighted by Crippen LogP contribution is -2.63. The second-order valence-electron chi connectivity index (χ2n) is 8.52. The third kappa shape index (κ3) is 3.61. The summed E-state index contributed by atoms with van der Waals surface area (Å²) in [6.45, 7) is 1.92. The van der Waals surface area contributed by atoms with Gasteiger partial charge in [0.1, 0.15) is 18.2 Å². The van der Waals surface area contributed by atoms with Gasteiger partial charge in [0.05, 0.1) is 0 Å². The van der Waals surface area contributed by atoms with Gasteiger partial charge in [-0.1, -0.05) is 55.5 Å². The summed E-state index contributed by atoms with van der Waals surface area (Å²) in [5.74, 6) is -1.49. The van der Waals surface area contributed by atoms with Gasteiger partial charge in [0.2, 0.25) is 5.91 Å². The van der Waals surface area contributed by atoms with Gasteiger partial charge in [0.25, 0.3) is 0 Å². The molecule has 7 nitrogen and oxygen atoms in total. The number of rotatable bonds is 7. The number of fused-ring (bicyclic) bond motifs is 3. The molecule has 32 heavy (non-hydrogen) atoms. The lowest BCUT2D eigenvalue weighted by molar-refractivity contribution is -0.165. The average Bonchev–Trinajstić information content (AvgIpc) is 3.08. The summed E-state index contributed by atoms with van der Waals surface area (Å²) in [5.41, 5.74) is 3.32. The molecule has 2 aromatic rings. The molecule has 0 radical (unpaired) electrons. The van der Waals surface area contributed by atoms with E-state index >= 15 is 0 Å². The van der Waals surface area contributed by atoms with Gasteiger partial charge in [-0.3, -0.25) is 4.79 Å². The molecule has 0 aliphatic heterocycles. The minimum atomic E-state index is -1.17. The largest absolute Gasteiger partial charge is 0.479 e. The second-order valence-corrected chi connectivity index (χ2v) is 8.52. The number of nitrogens with zero attached hydrogens (tertiary/aromatic N) is 1. The van der Waals surface area contributed by atoms with E-state index < -0.39 is 29.6 Å². The normalized spacial score (nSPS) is 16.8. The maximum Gasteiger partial charge on any atom is 0.407 e. The summed E-state index contributed by atoms with van der Waals surface area (Å²) in [5, 5.41) is 12.2. The SMILES string of the molecule is CC[C@H](NC(=O)OCC1c2ccccc2-c2ccccc21)C(=O)N(C)C1(C(=O)O)CCC1. The Kier molecular flexibility index (Phi) is 5.91. The van der Waals surface area contributed by atoms with Gasteiger partial charge >= 0.3 is 12.1 Å². The summed E-state index contributed by atoms with van der Waals surface area (Å²) >= 11 is 0. The molecule has 1 saturated carbocycles. The van der Waals surface area contributed by atoms with E-state index in [-0.39, 0.29) is 12.5 Å². The van der Waals surface area contributed by atoms with Crippen molar-refractivity contribution in [1.82, 2.24) is 10.2 Å². The van der Waals surface area contributed by atoms with Crippen molar-refractivity contribution in [2.45, 2.75) is 50.1 Å². The molecular weight excluding hydrogens is 408 g/mol. The van der Waals surface area contributed by atoms with E-state index in [1.807, 2.05) is 36.4 Å². The van der Waals surface area contributed by atoms with Gasteiger partial charge < -0.3 is 20.1 Å². The predicted octanol–water partition coefficient (Wildman–Crippen LogP) is 3.77. The molecule has 0 unspecified atom stereocenters. The van der Waals surface area contributed by atoms with Crippen LogP contribution in [0.25, 0.3) is 11.1 Å². The Balaban J connectivity index is 1.41. The number of hydrogen-bond acceptors (Lipinski definition) is 4. The molecule has 2 amide bonds. The average molecular weight is 437 g/mol. The fourth-order valence-corrected chi connectivity index (χ4v) is 4.77. The maximum absolute atomic E-state index is 12.9. The Morgan fingerprint density at radius 1 is 1.09 bits per heavy atom. The van der Waals surface area contributed by atoms with Crippen molar-refractivity contribution in [1.29, 1.82) is 0 Å². The van der Waals surface area contributed by atoms with Crippen molar-refractivity contribution < 1.29 is 24.2 Å². The lowest BCUT2D eigenvalue weighted by Gasteiger charge is -2.45. The number of alkyl carbamates (subject to hydrolysis) is 1. The Bertz CT molecular complexity index is 1000. The first kappa shape index (κ1) is 21.9. The highest BCUT2D eigenvalue weighted by molar-refractivity contribution is 5.91. The van der Waals surface area contributed by atoms with E-state index in [2.05, 4.69) is 17.4 Å². The first-order valence-corrected chi connectivity index (χ1v) is 11.0. The number of carbonyl (C=O) groups is 3. The minimum Gasteiger partial charge on any atom is -0.479 e. The van der Waals surface area contributed by atoms with Gasteiger partial charge in [-0.05, 0) is 47.9 Å². The zero-order valence-electron chi connectivity index (χ0n) is 18.3. The van der Waals surface area contributed by atoms with Crippen LogP contribution in [-0.4, -0.2) is 53.2 Å². The van der Waals surface area contributed by atoms with Gasteiger partial charge in [0.15, 0.2) is 0 Å². The van der Waals surface area contributed by atoms with Gasteiger partial charge in [-0.15, -0.1) is 0 Å². The van der Waals surface area contributed by atoms with Crippen LogP contribution in [0.15, 0.2) is 48.5 Å². The van der Waals surface area contributed by atoms with Crippen molar-refractivity contribution in [3.05, 3.63) is 59.7 Å². The van der Waals surface area contributed by atoms with E-state index in [4.69, 9.17) is 4.74 Å². The Morgan fingerprint density at radius 3 is 2.12 bits per heavy atom. The molecule has 1 fully saturated rings. The highest BCUT2D eigenvalue weighted by Crippen LogP contribution is 2.44. The fourth-order valence-electron chi connectivity index (χ4n) is 4.77. The van der Waals surface area contributed by atoms with Crippen LogP contribution in [0.2, 0.25) is 0 Å². The van der Waals surface area contributed by atoms with Crippen molar-refractivity contribution in [2.75, 3.05) is 13.7 Å². The van der Waals surface area contributed by atoms with Crippen molar-refractivity contribution in [3.63, 3.8) is 0 Å². The van der Waals surface area contributed by atoms with Crippen molar-refractivity contribution in [2.24, 2.45) is 0 Å². The first-order chi connectivity index (χ1) is 15.4. The maximum atomic E-state index is 12.9. The van der Waals surface area contributed by atoms with Crippen molar-refractivity contribution >= 4 is 18.0 Å². The number of nitrogens with one attached hydrogen (secondary N) is 1. The number of hydrogen-bond donors (Lipinski definition) is 2. The van der Waals surface area contributed by atoms with Crippen LogP contribution in [0, 0.1) is 0 Å². The number of carbonyl (C=O) groups excluding carboxylic acids is 2. The zero-order valence-corrected chi connectivity index (χ0v) is 18.3. The monoisotopic (exact) mass is 436 g/mol. The molecule has 0 spiro atoms. The quantitative estimate of drug-likeness (QED) is 0.689. The summed E-state index contributed by atoms with van der Waals surface area (Å²) in [6.07, 6.45) is 1.26. The predicted molar refractivity (Wildman–Crippen MR) is 119 cm³/mol. The van der Waals surface area contributed by atoms with Crippen LogP contribution >= 0.6 is 0 Å². The lowest BCUT2D eigenvalue weighted by atomic mass is 9.75. The number of ether oxygens (including phenoxy) is 1. The van der Waals surface area contributed by atoms with Crippen LogP contribution in [0.3, 0.4) is 0 Å². The summed E-state index contributed by atoms with van der Waals surface area (Å²) in [7, 11) is 1.50. The van der Waals surface area contributed by atoms with Crippen LogP contribution in [-0.2, 0) is 14.3 Å². The van der Waals surface area contributed by atoms with E-state index in [1.165, 1.54) is 11.9 Å². The molecule has 0 saturated heterocycles. The molecule has 0 heterocycles. The van der Waals surface area contributed by atoms with Crippen LogP contribution in [0.4, 0.5) is 4.79 Å². The fraction of sp³-hybridized carbons (Fsp3) is 0.400. The zero-order chi connectivity index (χ0) is 22.9. The molecule has 2 aliphatic rings. The molecule has 168 valence electrons. The second kappa shape index (κ2) is 8.65. The molecule has 0 aromatic heterocycles. The van der Waals surface area contributed by atoms with E-state index in [1.54, 1.807) is 6.92 Å². The highest BCUT2D eigenvalue weighted by atomic mass is 16.5. The molecule has 2 N–H and O–H groups in total. The molecule has 4 rings (SSSR count). The van der Waals surface area contributed by atoms with Crippen LogP contribution < -0.4 is 5.32 Å². The molecular formula is C25H28N2O5. The number of likely N-dealkylation sites (N-methyl/N-ethyl adjacent to an activating group) is 1. The highest BCUT2D eigenvalue weighted by Gasteiger charge is 2.50. The molecule has 7 heteroatoms. The van der Waals surface area contributed by atoms with Crippen molar-refractivity contribution in [3.8, 4) is 11.1 Å². The topological polar surface area (TPSA) is 95.9 Å². The molecule has 1 atom stereocenters. The van der Waals surface area contributed by atoms with Gasteiger partial charge in [0, 0.05) is 13.0 Å². The Morgan fingerprint density at radius 2 is 1.66 bits per heavy atom. The third-order valence-electron chi connectivity index (χ3n) is 6.89. The van der Waals surface area contributed by atoms with Gasteiger partial charge in [-0.2, -0.15) is 0 Å². The Hall–Kier alpha value is -3.35. The molecule has 2 aliphatic carbocycles. The number of carboxylic acid groups (broad SMARTS) is 1. The number of carboxylic acids is 1. The Labute approximate surface area is 187 Å². The molecule has 0 bridgehead atoms. The van der Waals surface area contributed by atoms with Gasteiger partial charge in [-0.25, -0.2) is 9.59 Å². The number of amides is 2. The summed E-state index contributed by atoms with van der Waals surface area (Å²) in [6, 6.07) is 15.3. The van der Waals surface area contributed by atoms with E-state index in [0.29, 0.717) is 19.3 Å². The number of benzene rings is 2. The van der Waals surface area contributed by atoms with E-state index in [9.17, 15) is 19.5 Å². The third-order valence-corrected chi connectivity index (χ3v) is 6.89. The smallest absolute Gasteiger partial charge is 0.407 e. The van der Waals surface area contributed by atoms with E-state index in [0.717, 1.165) is 28.7 Å². The molecule has 2 aromatic carbocycles. The number of aliphatic carboxylic acids is 1. The summed E-state index contributed by atoms with van der Waals surface area (Å²) in [4.78, 5) is 38.5. The standard InChI is InChI=1S/C25H28N2O5/c1-3-21(22(28)27(2)25(23(29)30)13-8-14-25)26-24(31)32-15-20-18-11-6-4-9-16(18)17-10-5-7-12-19(17)20/h4-7,9-12,20-21H,3,8,13-15H2,1-2H3,(H,26,31)(H,29,30)/t21-/m0/s1.